The van der Waals surface area contributed by atoms with E-state index >= 15 is 0 Å². The summed E-state index contributed by atoms with van der Waals surface area (Å²) in [6.07, 6.45) is 2.78. The van der Waals surface area contributed by atoms with Crippen LogP contribution in [0.1, 0.15) is 13.3 Å². The summed E-state index contributed by atoms with van der Waals surface area (Å²) < 4.78 is 0. The van der Waals surface area contributed by atoms with Crippen LogP contribution in [-0.4, -0.2) is 42.0 Å². The van der Waals surface area contributed by atoms with Crippen molar-refractivity contribution in [2.24, 2.45) is 0 Å². The lowest BCUT2D eigenvalue weighted by atomic mass is 10.3. The van der Waals surface area contributed by atoms with E-state index in [0.29, 0.717) is 5.82 Å². The SMILES string of the molecule is CC(=O)N1CCCN(c2ccc(N)nc2)CC1. The second kappa shape index (κ2) is 5.03. The number of amides is 1. The van der Waals surface area contributed by atoms with Crippen LogP contribution < -0.4 is 10.6 Å². The number of aromatic nitrogens is 1. The number of carbonyl (C=O) groups is 1. The number of carbonyl (C=O) groups excluding carboxylic acids is 1. The molecule has 2 rings (SSSR count). The fourth-order valence-corrected chi connectivity index (χ4v) is 2.08. The highest BCUT2D eigenvalue weighted by molar-refractivity contribution is 5.73. The van der Waals surface area contributed by atoms with Gasteiger partial charge in [-0.15, -0.1) is 0 Å². The van der Waals surface area contributed by atoms with E-state index in [4.69, 9.17) is 5.73 Å². The normalized spacial score (nSPS) is 16.8. The minimum Gasteiger partial charge on any atom is -0.384 e. The second-order valence-electron chi connectivity index (χ2n) is 4.29. The second-order valence-corrected chi connectivity index (χ2v) is 4.29. The largest absolute Gasteiger partial charge is 0.384 e. The molecule has 1 aromatic rings. The molecule has 1 aliphatic rings. The van der Waals surface area contributed by atoms with Crippen molar-refractivity contribution in [2.45, 2.75) is 13.3 Å². The van der Waals surface area contributed by atoms with Crippen LogP contribution in [-0.2, 0) is 4.79 Å². The topological polar surface area (TPSA) is 62.5 Å². The van der Waals surface area contributed by atoms with Gasteiger partial charge in [0.25, 0.3) is 0 Å². The van der Waals surface area contributed by atoms with Gasteiger partial charge in [-0.25, -0.2) is 4.98 Å². The monoisotopic (exact) mass is 234 g/mol. The van der Waals surface area contributed by atoms with Crippen LogP contribution in [0.15, 0.2) is 18.3 Å². The summed E-state index contributed by atoms with van der Waals surface area (Å²) in [7, 11) is 0. The number of rotatable bonds is 1. The van der Waals surface area contributed by atoms with Gasteiger partial charge in [-0.05, 0) is 18.6 Å². The molecule has 2 N–H and O–H groups in total. The van der Waals surface area contributed by atoms with Crippen molar-refractivity contribution in [2.75, 3.05) is 36.8 Å². The van der Waals surface area contributed by atoms with Crippen molar-refractivity contribution in [3.8, 4) is 0 Å². The van der Waals surface area contributed by atoms with Gasteiger partial charge in [0, 0.05) is 33.1 Å². The van der Waals surface area contributed by atoms with Crippen LogP contribution >= 0.6 is 0 Å². The lowest BCUT2D eigenvalue weighted by molar-refractivity contribution is -0.128. The van der Waals surface area contributed by atoms with Gasteiger partial charge in [0.2, 0.25) is 5.91 Å². The average Bonchev–Trinajstić information content (AvgIpc) is 2.55. The van der Waals surface area contributed by atoms with Crippen LogP contribution in [0, 0.1) is 0 Å². The van der Waals surface area contributed by atoms with Gasteiger partial charge in [-0.2, -0.15) is 0 Å². The van der Waals surface area contributed by atoms with Gasteiger partial charge in [0.1, 0.15) is 5.82 Å². The smallest absolute Gasteiger partial charge is 0.219 e. The van der Waals surface area contributed by atoms with Crippen molar-refractivity contribution in [3.05, 3.63) is 18.3 Å². The standard InChI is InChI=1S/C12H18N4O/c1-10(17)15-5-2-6-16(8-7-15)11-3-4-12(13)14-9-11/h3-4,9H,2,5-8H2,1H3,(H2,13,14). The predicted octanol–water partition coefficient (Wildman–Crippen LogP) is 0.722. The Morgan fingerprint density at radius 1 is 1.29 bits per heavy atom. The Bertz CT molecular complexity index is 390. The van der Waals surface area contributed by atoms with E-state index < -0.39 is 0 Å². The zero-order chi connectivity index (χ0) is 12.3. The van der Waals surface area contributed by atoms with Gasteiger partial charge < -0.3 is 15.5 Å². The van der Waals surface area contributed by atoms with Gasteiger partial charge in [0.15, 0.2) is 0 Å². The van der Waals surface area contributed by atoms with E-state index in [0.717, 1.165) is 38.3 Å². The number of nitrogens with two attached hydrogens (primary N) is 1. The molecule has 0 atom stereocenters. The summed E-state index contributed by atoms with van der Waals surface area (Å²) in [6.45, 7) is 5.05. The van der Waals surface area contributed by atoms with E-state index in [1.807, 2.05) is 17.0 Å². The fraction of sp³-hybridized carbons (Fsp3) is 0.500. The van der Waals surface area contributed by atoms with Crippen molar-refractivity contribution < 1.29 is 4.79 Å². The molecule has 0 radical (unpaired) electrons. The minimum absolute atomic E-state index is 0.155. The van der Waals surface area contributed by atoms with E-state index in [2.05, 4.69) is 9.88 Å². The molecular weight excluding hydrogens is 216 g/mol. The van der Waals surface area contributed by atoms with Gasteiger partial charge >= 0.3 is 0 Å². The van der Waals surface area contributed by atoms with Crippen LogP contribution in [0.4, 0.5) is 11.5 Å². The zero-order valence-electron chi connectivity index (χ0n) is 10.1. The highest BCUT2D eigenvalue weighted by Gasteiger charge is 2.16. The minimum atomic E-state index is 0.155. The third kappa shape index (κ3) is 2.87. The molecular formula is C12H18N4O. The Labute approximate surface area is 101 Å². The Kier molecular flexibility index (Phi) is 3.46. The summed E-state index contributed by atoms with van der Waals surface area (Å²) >= 11 is 0. The molecule has 0 aliphatic carbocycles. The number of hydrogen-bond acceptors (Lipinski definition) is 4. The molecule has 0 unspecified atom stereocenters. The maximum absolute atomic E-state index is 11.3. The molecule has 5 nitrogen and oxygen atoms in total. The number of hydrogen-bond donors (Lipinski definition) is 1. The molecule has 92 valence electrons. The summed E-state index contributed by atoms with van der Waals surface area (Å²) in [5, 5.41) is 0. The third-order valence-electron chi connectivity index (χ3n) is 3.08. The maximum atomic E-state index is 11.3. The highest BCUT2D eigenvalue weighted by Crippen LogP contribution is 2.16. The highest BCUT2D eigenvalue weighted by atomic mass is 16.2. The summed E-state index contributed by atoms with van der Waals surface area (Å²) in [5.41, 5.74) is 6.64. The van der Waals surface area contributed by atoms with Crippen molar-refractivity contribution in [1.82, 2.24) is 9.88 Å². The van der Waals surface area contributed by atoms with Gasteiger partial charge in [-0.3, -0.25) is 4.79 Å². The molecule has 0 saturated carbocycles. The van der Waals surface area contributed by atoms with E-state index in [1.54, 1.807) is 13.1 Å². The predicted molar refractivity (Wildman–Crippen MR) is 67.7 cm³/mol. The number of pyridine rings is 1. The van der Waals surface area contributed by atoms with Crippen LogP contribution in [0.3, 0.4) is 0 Å². The van der Waals surface area contributed by atoms with E-state index in [1.165, 1.54) is 0 Å². The zero-order valence-corrected chi connectivity index (χ0v) is 10.1. The van der Waals surface area contributed by atoms with E-state index in [-0.39, 0.29) is 5.91 Å². The van der Waals surface area contributed by atoms with Crippen molar-refractivity contribution in [3.63, 3.8) is 0 Å². The Morgan fingerprint density at radius 2 is 2.12 bits per heavy atom. The lowest BCUT2D eigenvalue weighted by Crippen LogP contribution is -2.33. The Balaban J connectivity index is 2.03. The molecule has 17 heavy (non-hydrogen) atoms. The number of anilines is 2. The molecule has 0 bridgehead atoms. The summed E-state index contributed by atoms with van der Waals surface area (Å²) in [6, 6.07) is 3.79. The summed E-state index contributed by atoms with van der Waals surface area (Å²) in [4.78, 5) is 19.6. The first-order chi connectivity index (χ1) is 8.16. The van der Waals surface area contributed by atoms with Crippen LogP contribution in [0.2, 0.25) is 0 Å². The average molecular weight is 234 g/mol. The Hall–Kier alpha value is -1.78. The number of nitrogen functional groups attached to an aromatic ring is 1. The van der Waals surface area contributed by atoms with Gasteiger partial charge in [-0.1, -0.05) is 0 Å². The molecule has 2 heterocycles. The third-order valence-corrected chi connectivity index (χ3v) is 3.08. The van der Waals surface area contributed by atoms with E-state index in [9.17, 15) is 4.79 Å². The molecule has 0 aromatic carbocycles. The quantitative estimate of drug-likeness (QED) is 0.778. The fourth-order valence-electron chi connectivity index (χ4n) is 2.08. The first-order valence-corrected chi connectivity index (χ1v) is 5.89. The molecule has 5 heteroatoms. The van der Waals surface area contributed by atoms with Crippen LogP contribution in [0.25, 0.3) is 0 Å². The molecule has 0 spiro atoms. The molecule has 1 aliphatic heterocycles. The summed E-state index contributed by atoms with van der Waals surface area (Å²) in [5.74, 6) is 0.691. The van der Waals surface area contributed by atoms with Crippen molar-refractivity contribution >= 4 is 17.4 Å². The number of nitrogens with zero attached hydrogens (tertiary/aromatic N) is 3. The lowest BCUT2D eigenvalue weighted by Gasteiger charge is -2.22. The van der Waals surface area contributed by atoms with Crippen molar-refractivity contribution in [1.29, 1.82) is 0 Å². The molecule has 1 amide bonds. The van der Waals surface area contributed by atoms with Gasteiger partial charge in [0.05, 0.1) is 11.9 Å². The first-order valence-electron chi connectivity index (χ1n) is 5.89. The molecule has 1 fully saturated rings. The molecule has 1 saturated heterocycles. The first kappa shape index (κ1) is 11.7. The molecule has 1 aromatic heterocycles. The maximum Gasteiger partial charge on any atom is 0.219 e. The van der Waals surface area contributed by atoms with Crippen LogP contribution in [0.5, 0.6) is 0 Å². The Morgan fingerprint density at radius 3 is 2.76 bits per heavy atom.